The highest BCUT2D eigenvalue weighted by molar-refractivity contribution is 6.32. The summed E-state index contributed by atoms with van der Waals surface area (Å²) in [6, 6.07) is 8.04. The van der Waals surface area contributed by atoms with Gasteiger partial charge in [0.2, 0.25) is 5.75 Å². The van der Waals surface area contributed by atoms with Crippen LogP contribution in [0, 0.1) is 0 Å². The van der Waals surface area contributed by atoms with Gasteiger partial charge in [0, 0.05) is 51.1 Å². The monoisotopic (exact) mass is 620 g/mol. The summed E-state index contributed by atoms with van der Waals surface area (Å²) < 4.78 is 59.0. The Balaban J connectivity index is 1.31. The molecule has 14 heteroatoms. The largest absolute Gasteiger partial charge is 0.483 e. The van der Waals surface area contributed by atoms with E-state index in [1.807, 2.05) is 4.90 Å². The van der Waals surface area contributed by atoms with Crippen LogP contribution in [-0.2, 0) is 17.5 Å². The smallest absolute Gasteiger partial charge is 0.416 e. The van der Waals surface area contributed by atoms with Gasteiger partial charge in [0.25, 0.3) is 11.8 Å². The standard InChI is InChI=1S/C29H32ClF3N6O4/c1-3-38-8-10-39(11-9-38)14-19-4-6-20(13-22(19)29(31,32)33)37-27(40)18-5-7-23(30)24(12-18)43-28-25-26(34-17-35-28)36-21(15-41-2)16-42-25/h4-7,12-13,17,21H,3,8-11,14-16H2,1-2H3,(H,37,40)(H,34,35,36)/t21-/m1/s1. The molecule has 43 heavy (non-hydrogen) atoms. The van der Waals surface area contributed by atoms with Gasteiger partial charge in [0.1, 0.15) is 18.7 Å². The topological polar surface area (TPSA) is 101 Å². The van der Waals surface area contributed by atoms with E-state index >= 15 is 0 Å². The summed E-state index contributed by atoms with van der Waals surface area (Å²) in [5.41, 5.74) is -0.480. The Morgan fingerprint density at radius 1 is 1.14 bits per heavy atom. The molecule has 10 nitrogen and oxygen atoms in total. The van der Waals surface area contributed by atoms with Crippen molar-refractivity contribution in [2.24, 2.45) is 0 Å². The number of fused-ring (bicyclic) bond motifs is 1. The molecule has 3 aromatic rings. The van der Waals surface area contributed by atoms with Gasteiger partial charge in [-0.3, -0.25) is 9.69 Å². The lowest BCUT2D eigenvalue weighted by Gasteiger charge is -2.34. The minimum absolute atomic E-state index is 0.0178. The van der Waals surface area contributed by atoms with Gasteiger partial charge in [0.15, 0.2) is 5.82 Å². The van der Waals surface area contributed by atoms with Crippen LogP contribution in [0.15, 0.2) is 42.7 Å². The van der Waals surface area contributed by atoms with Crippen molar-refractivity contribution < 1.29 is 32.2 Å². The lowest BCUT2D eigenvalue weighted by atomic mass is 10.0. The molecule has 1 aromatic heterocycles. The summed E-state index contributed by atoms with van der Waals surface area (Å²) in [5, 5.41) is 5.93. The number of aromatic nitrogens is 2. The van der Waals surface area contributed by atoms with Gasteiger partial charge in [-0.15, -0.1) is 0 Å². The molecule has 0 aliphatic carbocycles. The van der Waals surface area contributed by atoms with Crippen LogP contribution in [0.1, 0.15) is 28.4 Å². The van der Waals surface area contributed by atoms with Crippen molar-refractivity contribution in [3.05, 3.63) is 64.4 Å². The van der Waals surface area contributed by atoms with Crippen LogP contribution in [0.25, 0.3) is 0 Å². The van der Waals surface area contributed by atoms with Crippen molar-refractivity contribution >= 4 is 29.0 Å². The molecule has 2 N–H and O–H groups in total. The Morgan fingerprint density at radius 2 is 1.91 bits per heavy atom. The number of ether oxygens (including phenoxy) is 3. The number of rotatable bonds is 9. The second kappa shape index (κ2) is 13.3. The molecule has 2 aliphatic heterocycles. The van der Waals surface area contributed by atoms with Gasteiger partial charge in [-0.1, -0.05) is 24.6 Å². The minimum atomic E-state index is -4.58. The van der Waals surface area contributed by atoms with Crippen LogP contribution >= 0.6 is 11.6 Å². The normalized spacial score (nSPS) is 17.5. The first kappa shape index (κ1) is 30.8. The molecule has 3 heterocycles. The maximum absolute atomic E-state index is 14.0. The molecule has 2 aromatic carbocycles. The quantitative estimate of drug-likeness (QED) is 0.336. The van der Waals surface area contributed by atoms with Crippen LogP contribution in [0.2, 0.25) is 5.02 Å². The highest BCUT2D eigenvalue weighted by Crippen LogP contribution is 2.39. The number of hydrogen-bond acceptors (Lipinski definition) is 9. The summed E-state index contributed by atoms with van der Waals surface area (Å²) in [7, 11) is 1.58. The number of carbonyl (C=O) groups excluding carboxylic acids is 1. The number of hydrogen-bond donors (Lipinski definition) is 2. The predicted molar refractivity (Wildman–Crippen MR) is 155 cm³/mol. The number of nitrogens with zero attached hydrogens (tertiary/aromatic N) is 4. The average molecular weight is 621 g/mol. The van der Waals surface area contributed by atoms with Crippen molar-refractivity contribution in [2.45, 2.75) is 25.7 Å². The van der Waals surface area contributed by atoms with Crippen molar-refractivity contribution in [1.29, 1.82) is 0 Å². The van der Waals surface area contributed by atoms with E-state index in [4.69, 9.17) is 25.8 Å². The molecule has 0 saturated carbocycles. The van der Waals surface area contributed by atoms with Gasteiger partial charge in [-0.25, -0.2) is 4.98 Å². The first-order valence-corrected chi connectivity index (χ1v) is 14.2. The van der Waals surface area contributed by atoms with E-state index in [-0.39, 0.29) is 58.4 Å². The van der Waals surface area contributed by atoms with E-state index in [2.05, 4.69) is 32.4 Å². The molecule has 0 spiro atoms. The number of carbonyl (C=O) groups is 1. The molecule has 1 fully saturated rings. The number of benzene rings is 2. The van der Waals surface area contributed by atoms with Gasteiger partial charge < -0.3 is 29.7 Å². The number of alkyl halides is 3. The second-order valence-electron chi connectivity index (χ2n) is 10.2. The van der Waals surface area contributed by atoms with Crippen LogP contribution in [0.3, 0.4) is 0 Å². The van der Waals surface area contributed by atoms with Crippen molar-refractivity contribution in [2.75, 3.05) is 63.7 Å². The van der Waals surface area contributed by atoms with Crippen molar-refractivity contribution in [3.63, 3.8) is 0 Å². The van der Waals surface area contributed by atoms with Crippen LogP contribution in [-0.4, -0.2) is 84.8 Å². The van der Waals surface area contributed by atoms with Gasteiger partial charge in [-0.2, -0.15) is 18.2 Å². The zero-order chi connectivity index (χ0) is 30.6. The van der Waals surface area contributed by atoms with Crippen molar-refractivity contribution in [3.8, 4) is 17.4 Å². The van der Waals surface area contributed by atoms with E-state index in [9.17, 15) is 18.0 Å². The summed E-state index contributed by atoms with van der Waals surface area (Å²) in [6.07, 6.45) is -3.29. The molecule has 5 rings (SSSR count). The first-order valence-electron chi connectivity index (χ1n) is 13.8. The first-order chi connectivity index (χ1) is 20.6. The van der Waals surface area contributed by atoms with E-state index in [0.29, 0.717) is 25.5 Å². The number of amides is 1. The van der Waals surface area contributed by atoms with Gasteiger partial charge >= 0.3 is 6.18 Å². The molecular weight excluding hydrogens is 589 g/mol. The zero-order valence-corrected chi connectivity index (χ0v) is 24.5. The molecule has 2 aliphatic rings. The molecule has 1 amide bonds. The lowest BCUT2D eigenvalue weighted by molar-refractivity contribution is -0.138. The van der Waals surface area contributed by atoms with E-state index in [0.717, 1.165) is 25.7 Å². The van der Waals surface area contributed by atoms with E-state index in [1.54, 1.807) is 7.11 Å². The molecule has 230 valence electrons. The third-order valence-electron chi connectivity index (χ3n) is 7.29. The highest BCUT2D eigenvalue weighted by atomic mass is 35.5. The summed E-state index contributed by atoms with van der Waals surface area (Å²) in [4.78, 5) is 25.7. The fourth-order valence-electron chi connectivity index (χ4n) is 4.96. The molecule has 0 bridgehead atoms. The third kappa shape index (κ3) is 7.47. The second-order valence-corrected chi connectivity index (χ2v) is 10.7. The Bertz CT molecular complexity index is 1450. The van der Waals surface area contributed by atoms with Crippen molar-refractivity contribution in [1.82, 2.24) is 19.8 Å². The number of piperazine rings is 1. The summed E-state index contributed by atoms with van der Waals surface area (Å²) >= 11 is 6.34. The predicted octanol–water partition coefficient (Wildman–Crippen LogP) is 5.15. The minimum Gasteiger partial charge on any atom is -0.483 e. The molecular formula is C29H32ClF3N6O4. The highest BCUT2D eigenvalue weighted by Gasteiger charge is 2.34. The fraction of sp³-hybridized carbons (Fsp3) is 0.414. The molecule has 0 unspecified atom stereocenters. The SMILES string of the molecule is CCN1CCN(Cc2ccc(NC(=O)c3ccc(Cl)c(Oc4ncnc5c4OC[C@@H](COC)N5)c3)cc2C(F)(F)F)CC1. The fourth-order valence-corrected chi connectivity index (χ4v) is 5.12. The van der Waals surface area contributed by atoms with Gasteiger partial charge in [-0.05, 0) is 42.4 Å². The lowest BCUT2D eigenvalue weighted by Crippen LogP contribution is -2.45. The van der Waals surface area contributed by atoms with Crippen LogP contribution in [0.5, 0.6) is 17.4 Å². The number of halogens is 4. The van der Waals surface area contributed by atoms with Crippen LogP contribution in [0.4, 0.5) is 24.7 Å². The van der Waals surface area contributed by atoms with E-state index < -0.39 is 17.6 Å². The number of nitrogens with one attached hydrogen (secondary N) is 2. The average Bonchev–Trinajstić information content (AvgIpc) is 2.99. The summed E-state index contributed by atoms with van der Waals surface area (Å²) in [6.45, 7) is 6.88. The van der Waals surface area contributed by atoms with Gasteiger partial charge in [0.05, 0.1) is 23.2 Å². The Hall–Kier alpha value is -3.65. The molecule has 0 radical (unpaired) electrons. The molecule has 1 saturated heterocycles. The Kier molecular flexibility index (Phi) is 9.55. The Morgan fingerprint density at radius 3 is 2.63 bits per heavy atom. The maximum atomic E-state index is 14.0. The van der Waals surface area contributed by atoms with Crippen LogP contribution < -0.4 is 20.1 Å². The maximum Gasteiger partial charge on any atom is 0.416 e. The summed E-state index contributed by atoms with van der Waals surface area (Å²) in [5.74, 6) is 0.230. The Labute approximate surface area is 252 Å². The zero-order valence-electron chi connectivity index (χ0n) is 23.7. The number of methoxy groups -OCH3 is 1. The molecule has 1 atom stereocenters. The number of likely N-dealkylation sites (N-methyl/N-ethyl adjacent to an activating group) is 1. The number of anilines is 2. The third-order valence-corrected chi connectivity index (χ3v) is 7.60. The van der Waals surface area contributed by atoms with E-state index in [1.165, 1.54) is 36.7 Å².